The molecular weight excluding hydrogens is 396 g/mol. The molecule has 4 heterocycles. The number of pyridine rings is 2. The van der Waals surface area contributed by atoms with E-state index in [2.05, 4.69) is 20.3 Å². The Kier molecular flexibility index (Phi) is 5.06. The van der Waals surface area contributed by atoms with E-state index in [0.717, 1.165) is 39.8 Å². The predicted octanol–water partition coefficient (Wildman–Crippen LogP) is 4.87. The van der Waals surface area contributed by atoms with Gasteiger partial charge in [0.15, 0.2) is 0 Å². The number of nitrogens with one attached hydrogen (secondary N) is 2. The van der Waals surface area contributed by atoms with Crippen LogP contribution in [-0.2, 0) is 0 Å². The Labute approximate surface area is 178 Å². The van der Waals surface area contributed by atoms with Crippen LogP contribution >= 0.6 is 11.8 Å². The molecule has 3 aromatic heterocycles. The number of benzene rings is 1. The first-order valence-electron chi connectivity index (χ1n) is 9.83. The van der Waals surface area contributed by atoms with Gasteiger partial charge in [-0.05, 0) is 49.2 Å². The van der Waals surface area contributed by atoms with E-state index in [1.165, 1.54) is 11.8 Å². The Morgan fingerprint density at radius 3 is 2.80 bits per heavy atom. The van der Waals surface area contributed by atoms with Gasteiger partial charge in [0, 0.05) is 24.6 Å². The third-order valence-electron chi connectivity index (χ3n) is 5.07. The van der Waals surface area contributed by atoms with Gasteiger partial charge in [-0.25, -0.2) is 19.7 Å². The van der Waals surface area contributed by atoms with Gasteiger partial charge in [-0.1, -0.05) is 30.0 Å². The number of aromatic nitrogens is 4. The van der Waals surface area contributed by atoms with Gasteiger partial charge in [0.1, 0.15) is 15.9 Å². The predicted molar refractivity (Wildman–Crippen MR) is 116 cm³/mol. The van der Waals surface area contributed by atoms with Crippen LogP contribution in [0.25, 0.3) is 11.0 Å². The molecule has 0 saturated carbocycles. The molecule has 0 bridgehead atoms. The summed E-state index contributed by atoms with van der Waals surface area (Å²) in [6.45, 7) is 0.703. The number of nitrogens with zero attached hydrogens (tertiary/aromatic N) is 4. The van der Waals surface area contributed by atoms with Crippen LogP contribution in [0.5, 0.6) is 0 Å². The van der Waals surface area contributed by atoms with Crippen molar-refractivity contribution in [1.82, 2.24) is 24.8 Å². The molecule has 0 aliphatic carbocycles. The fourth-order valence-corrected chi connectivity index (χ4v) is 4.45. The first kappa shape index (κ1) is 18.6. The Hall–Kier alpha value is -3.39. The van der Waals surface area contributed by atoms with Crippen LogP contribution in [0.1, 0.15) is 24.7 Å². The zero-order valence-electron chi connectivity index (χ0n) is 16.2. The SMILES string of the molecule is O=C(Nc1ccnc(Sc2ccccn2)c1)N1CCCC1c1nc2ccccc2[nH]1. The van der Waals surface area contributed by atoms with Crippen LogP contribution in [0, 0.1) is 0 Å². The molecule has 1 aliphatic heterocycles. The van der Waals surface area contributed by atoms with Gasteiger partial charge in [-0.15, -0.1) is 0 Å². The van der Waals surface area contributed by atoms with Crippen molar-refractivity contribution in [3.05, 3.63) is 72.8 Å². The van der Waals surface area contributed by atoms with E-state index < -0.39 is 0 Å². The van der Waals surface area contributed by atoms with Crippen molar-refractivity contribution in [2.24, 2.45) is 0 Å². The molecule has 2 amide bonds. The molecule has 1 unspecified atom stereocenters. The molecule has 150 valence electrons. The average molecular weight is 417 g/mol. The third kappa shape index (κ3) is 3.86. The molecule has 1 atom stereocenters. The fraction of sp³-hybridized carbons (Fsp3) is 0.182. The first-order valence-corrected chi connectivity index (χ1v) is 10.7. The summed E-state index contributed by atoms with van der Waals surface area (Å²) in [5.41, 5.74) is 2.62. The molecule has 8 heteroatoms. The Bertz CT molecular complexity index is 1150. The van der Waals surface area contributed by atoms with E-state index in [1.807, 2.05) is 53.4 Å². The van der Waals surface area contributed by atoms with E-state index in [1.54, 1.807) is 18.5 Å². The number of carbonyl (C=O) groups is 1. The zero-order valence-corrected chi connectivity index (χ0v) is 17.0. The number of hydrogen-bond donors (Lipinski definition) is 2. The quantitative estimate of drug-likeness (QED) is 0.495. The van der Waals surface area contributed by atoms with E-state index in [4.69, 9.17) is 4.98 Å². The maximum absolute atomic E-state index is 13.0. The lowest BCUT2D eigenvalue weighted by molar-refractivity contribution is 0.205. The van der Waals surface area contributed by atoms with Gasteiger partial charge < -0.3 is 15.2 Å². The standard InChI is InChI=1S/C22H20N6OS/c29-22(25-15-10-12-24-20(14-15)30-19-9-3-4-11-23-19)28-13-5-8-18(28)21-26-16-6-1-2-7-17(16)27-21/h1-4,6-7,9-12,14,18H,5,8,13H2,(H,26,27)(H,24,25,29). The fourth-order valence-electron chi connectivity index (χ4n) is 3.68. The van der Waals surface area contributed by atoms with Crippen molar-refractivity contribution in [1.29, 1.82) is 0 Å². The smallest absolute Gasteiger partial charge is 0.322 e. The minimum Gasteiger partial charge on any atom is -0.340 e. The molecule has 1 fully saturated rings. The van der Waals surface area contributed by atoms with Crippen molar-refractivity contribution >= 4 is 34.5 Å². The summed E-state index contributed by atoms with van der Waals surface area (Å²) in [4.78, 5) is 31.6. The highest BCUT2D eigenvalue weighted by molar-refractivity contribution is 7.99. The lowest BCUT2D eigenvalue weighted by atomic mass is 10.2. The van der Waals surface area contributed by atoms with Crippen LogP contribution < -0.4 is 5.32 Å². The molecule has 7 nitrogen and oxygen atoms in total. The second-order valence-electron chi connectivity index (χ2n) is 7.07. The number of rotatable bonds is 4. The summed E-state index contributed by atoms with van der Waals surface area (Å²) >= 11 is 1.46. The highest BCUT2D eigenvalue weighted by Crippen LogP contribution is 2.32. The summed E-state index contributed by atoms with van der Waals surface area (Å²) in [5, 5.41) is 4.65. The number of urea groups is 1. The summed E-state index contributed by atoms with van der Waals surface area (Å²) in [6.07, 6.45) is 5.29. The molecule has 4 aromatic rings. The topological polar surface area (TPSA) is 86.8 Å². The van der Waals surface area contributed by atoms with Crippen molar-refractivity contribution in [2.45, 2.75) is 28.9 Å². The summed E-state index contributed by atoms with van der Waals surface area (Å²) in [7, 11) is 0. The van der Waals surface area contributed by atoms with Gasteiger partial charge in [0.25, 0.3) is 0 Å². The van der Waals surface area contributed by atoms with Crippen LogP contribution in [-0.4, -0.2) is 37.4 Å². The second kappa shape index (κ2) is 8.16. The number of likely N-dealkylation sites (tertiary alicyclic amines) is 1. The molecule has 30 heavy (non-hydrogen) atoms. The molecule has 5 rings (SSSR count). The number of aromatic amines is 1. The molecule has 1 aromatic carbocycles. The van der Waals surface area contributed by atoms with E-state index >= 15 is 0 Å². The first-order chi connectivity index (χ1) is 14.8. The van der Waals surface area contributed by atoms with E-state index in [0.29, 0.717) is 12.2 Å². The summed E-state index contributed by atoms with van der Waals surface area (Å²) in [5.74, 6) is 0.838. The number of hydrogen-bond acceptors (Lipinski definition) is 5. The highest BCUT2D eigenvalue weighted by Gasteiger charge is 2.32. The third-order valence-corrected chi connectivity index (χ3v) is 5.95. The molecule has 0 spiro atoms. The van der Waals surface area contributed by atoms with Crippen molar-refractivity contribution < 1.29 is 4.79 Å². The molecule has 2 N–H and O–H groups in total. The summed E-state index contributed by atoms with van der Waals surface area (Å²) < 4.78 is 0. The Balaban J connectivity index is 1.31. The second-order valence-corrected chi connectivity index (χ2v) is 8.11. The number of amides is 2. The number of fused-ring (bicyclic) bond motifs is 1. The highest BCUT2D eigenvalue weighted by atomic mass is 32.2. The average Bonchev–Trinajstić information content (AvgIpc) is 3.41. The number of imidazole rings is 1. The van der Waals surface area contributed by atoms with Crippen molar-refractivity contribution in [2.75, 3.05) is 11.9 Å². The maximum atomic E-state index is 13.0. The Morgan fingerprint density at radius 2 is 1.93 bits per heavy atom. The van der Waals surface area contributed by atoms with Crippen LogP contribution in [0.4, 0.5) is 10.5 Å². The van der Waals surface area contributed by atoms with Gasteiger partial charge in [0.05, 0.1) is 17.1 Å². The number of anilines is 1. The molecule has 1 saturated heterocycles. The molecule has 1 aliphatic rings. The number of para-hydroxylation sites is 2. The van der Waals surface area contributed by atoms with Gasteiger partial charge in [-0.3, -0.25) is 0 Å². The summed E-state index contributed by atoms with van der Waals surface area (Å²) in [6, 6.07) is 17.2. The largest absolute Gasteiger partial charge is 0.340 e. The van der Waals surface area contributed by atoms with Gasteiger partial charge in [-0.2, -0.15) is 0 Å². The van der Waals surface area contributed by atoms with E-state index in [9.17, 15) is 4.79 Å². The number of H-pyrrole nitrogens is 1. The van der Waals surface area contributed by atoms with Crippen molar-refractivity contribution in [3.8, 4) is 0 Å². The molecular formula is C22H20N6OS. The zero-order chi connectivity index (χ0) is 20.3. The van der Waals surface area contributed by atoms with Crippen LogP contribution in [0.2, 0.25) is 0 Å². The normalized spacial score (nSPS) is 16.1. The molecule has 0 radical (unpaired) electrons. The lowest BCUT2D eigenvalue weighted by Gasteiger charge is -2.23. The van der Waals surface area contributed by atoms with Gasteiger partial charge in [0.2, 0.25) is 0 Å². The monoisotopic (exact) mass is 416 g/mol. The van der Waals surface area contributed by atoms with E-state index in [-0.39, 0.29) is 12.1 Å². The minimum atomic E-state index is -0.127. The maximum Gasteiger partial charge on any atom is 0.322 e. The van der Waals surface area contributed by atoms with Crippen LogP contribution in [0.3, 0.4) is 0 Å². The van der Waals surface area contributed by atoms with Crippen LogP contribution in [0.15, 0.2) is 77.0 Å². The minimum absolute atomic E-state index is 0.0541. The Morgan fingerprint density at radius 1 is 1.07 bits per heavy atom. The van der Waals surface area contributed by atoms with Crippen molar-refractivity contribution in [3.63, 3.8) is 0 Å². The van der Waals surface area contributed by atoms with Gasteiger partial charge >= 0.3 is 6.03 Å². The lowest BCUT2D eigenvalue weighted by Crippen LogP contribution is -2.34. The number of carbonyl (C=O) groups excluding carboxylic acids is 1.